The highest BCUT2D eigenvalue weighted by molar-refractivity contribution is 14.0. The summed E-state index contributed by atoms with van der Waals surface area (Å²) in [7, 11) is 1.88. The number of aryl methyl sites for hydroxylation is 1. The zero-order valence-corrected chi connectivity index (χ0v) is 13.7. The van der Waals surface area contributed by atoms with Crippen LogP contribution in [0.1, 0.15) is 11.3 Å². The Morgan fingerprint density at radius 3 is 2.95 bits per heavy atom. The molecule has 0 spiro atoms. The van der Waals surface area contributed by atoms with Crippen LogP contribution in [-0.2, 0) is 20.0 Å². The fraction of sp³-hybridized carbons (Fsp3) is 0.308. The van der Waals surface area contributed by atoms with Gasteiger partial charge in [0.25, 0.3) is 0 Å². The van der Waals surface area contributed by atoms with Gasteiger partial charge in [-0.25, -0.2) is 4.99 Å². The Morgan fingerprint density at radius 1 is 1.45 bits per heavy atom. The van der Waals surface area contributed by atoms with E-state index in [1.54, 1.807) is 17.1 Å². The van der Waals surface area contributed by atoms with Crippen molar-refractivity contribution in [2.75, 3.05) is 6.54 Å². The summed E-state index contributed by atoms with van der Waals surface area (Å²) in [6, 6.07) is 5.87. The number of aliphatic imine (C=N–C) groups is 1. The van der Waals surface area contributed by atoms with Gasteiger partial charge in [-0.2, -0.15) is 5.10 Å². The van der Waals surface area contributed by atoms with Crippen LogP contribution in [-0.4, -0.2) is 27.3 Å². The molecular weight excluding hydrogens is 367 g/mol. The lowest BCUT2D eigenvalue weighted by Gasteiger charge is -2.04. The van der Waals surface area contributed by atoms with Crippen LogP contribution in [0.25, 0.3) is 0 Å². The zero-order valence-electron chi connectivity index (χ0n) is 11.4. The molecule has 0 aliphatic rings. The molecule has 0 saturated heterocycles. The summed E-state index contributed by atoms with van der Waals surface area (Å²) in [6.07, 6.45) is 6.31. The lowest BCUT2D eigenvalue weighted by molar-refractivity contribution is 0.766. The molecular formula is C13H19IN6. The van der Waals surface area contributed by atoms with Crippen molar-refractivity contribution in [1.29, 1.82) is 0 Å². The fourth-order valence-corrected chi connectivity index (χ4v) is 1.65. The number of guanidine groups is 1. The number of pyridine rings is 1. The SMILES string of the molecule is Cn1cc(CN=C(N)NCCc2ccccn2)cn1.I. The first-order chi connectivity index (χ1) is 9.24. The van der Waals surface area contributed by atoms with Crippen molar-refractivity contribution in [1.82, 2.24) is 20.1 Å². The van der Waals surface area contributed by atoms with E-state index in [2.05, 4.69) is 20.4 Å². The number of aromatic nitrogens is 3. The summed E-state index contributed by atoms with van der Waals surface area (Å²) in [5.74, 6) is 0.444. The summed E-state index contributed by atoms with van der Waals surface area (Å²) < 4.78 is 1.75. The average Bonchev–Trinajstić information content (AvgIpc) is 2.83. The van der Waals surface area contributed by atoms with Crippen molar-refractivity contribution in [3.8, 4) is 0 Å². The lowest BCUT2D eigenvalue weighted by atomic mass is 10.3. The second kappa shape index (κ2) is 8.51. The summed E-state index contributed by atoms with van der Waals surface area (Å²) in [4.78, 5) is 8.49. The highest BCUT2D eigenvalue weighted by atomic mass is 127. The molecule has 0 radical (unpaired) electrons. The highest BCUT2D eigenvalue weighted by Gasteiger charge is 1.97. The minimum absolute atomic E-state index is 0. The van der Waals surface area contributed by atoms with E-state index in [1.165, 1.54) is 0 Å². The highest BCUT2D eigenvalue weighted by Crippen LogP contribution is 1.97. The third kappa shape index (κ3) is 5.55. The normalized spacial score (nSPS) is 10.9. The van der Waals surface area contributed by atoms with Crippen molar-refractivity contribution < 1.29 is 0 Å². The van der Waals surface area contributed by atoms with Crippen molar-refractivity contribution in [3.63, 3.8) is 0 Å². The summed E-state index contributed by atoms with van der Waals surface area (Å²) in [5.41, 5.74) is 7.86. The molecule has 6 nitrogen and oxygen atoms in total. The Bertz CT molecular complexity index is 537. The molecule has 0 bridgehead atoms. The molecule has 0 saturated carbocycles. The number of rotatable bonds is 5. The third-order valence-electron chi connectivity index (χ3n) is 2.60. The molecule has 2 rings (SSSR count). The maximum absolute atomic E-state index is 5.78. The van der Waals surface area contributed by atoms with Gasteiger partial charge in [0.15, 0.2) is 5.96 Å². The van der Waals surface area contributed by atoms with Crippen LogP contribution in [0.5, 0.6) is 0 Å². The maximum atomic E-state index is 5.78. The quantitative estimate of drug-likeness (QED) is 0.458. The summed E-state index contributed by atoms with van der Waals surface area (Å²) in [6.45, 7) is 1.26. The minimum atomic E-state index is 0. The molecule has 0 amide bonds. The van der Waals surface area contributed by atoms with E-state index in [0.717, 1.165) is 24.2 Å². The number of halogens is 1. The van der Waals surface area contributed by atoms with E-state index in [-0.39, 0.29) is 24.0 Å². The molecule has 2 aromatic rings. The molecule has 0 aliphatic carbocycles. The van der Waals surface area contributed by atoms with Crippen LogP contribution in [0, 0.1) is 0 Å². The van der Waals surface area contributed by atoms with Gasteiger partial charge in [0.2, 0.25) is 0 Å². The molecule has 0 fully saturated rings. The lowest BCUT2D eigenvalue weighted by Crippen LogP contribution is -2.33. The number of nitrogens with zero attached hydrogens (tertiary/aromatic N) is 4. The van der Waals surface area contributed by atoms with E-state index in [1.807, 2.05) is 31.4 Å². The number of nitrogens with two attached hydrogens (primary N) is 1. The summed E-state index contributed by atoms with van der Waals surface area (Å²) >= 11 is 0. The van der Waals surface area contributed by atoms with Gasteiger partial charge in [0.1, 0.15) is 0 Å². The molecule has 20 heavy (non-hydrogen) atoms. The average molecular weight is 386 g/mol. The van der Waals surface area contributed by atoms with Gasteiger partial charge in [0.05, 0.1) is 12.7 Å². The van der Waals surface area contributed by atoms with Crippen LogP contribution in [0.4, 0.5) is 0 Å². The van der Waals surface area contributed by atoms with Crippen molar-refractivity contribution in [2.24, 2.45) is 17.8 Å². The first kappa shape index (κ1) is 16.4. The molecule has 0 aromatic carbocycles. The molecule has 0 unspecified atom stereocenters. The maximum Gasteiger partial charge on any atom is 0.188 e. The first-order valence-electron chi connectivity index (χ1n) is 6.15. The molecule has 0 atom stereocenters. The Labute approximate surface area is 135 Å². The topological polar surface area (TPSA) is 81.1 Å². The fourth-order valence-electron chi connectivity index (χ4n) is 1.65. The minimum Gasteiger partial charge on any atom is -0.370 e. The van der Waals surface area contributed by atoms with Crippen molar-refractivity contribution in [2.45, 2.75) is 13.0 Å². The van der Waals surface area contributed by atoms with E-state index in [4.69, 9.17) is 5.73 Å². The molecule has 2 heterocycles. The van der Waals surface area contributed by atoms with Crippen LogP contribution < -0.4 is 11.1 Å². The van der Waals surface area contributed by atoms with E-state index in [0.29, 0.717) is 12.5 Å². The molecule has 108 valence electrons. The predicted molar refractivity (Wildman–Crippen MR) is 89.9 cm³/mol. The Kier molecular flexibility index (Phi) is 6.99. The first-order valence-corrected chi connectivity index (χ1v) is 6.15. The number of hydrogen-bond donors (Lipinski definition) is 2. The standard InChI is InChI=1S/C13H18N6.HI/c1-19-10-11(9-18-19)8-17-13(14)16-7-5-12-4-2-3-6-15-12;/h2-4,6,9-10H,5,7-8H2,1H3,(H3,14,16,17);1H. The third-order valence-corrected chi connectivity index (χ3v) is 2.60. The van der Waals surface area contributed by atoms with Crippen molar-refractivity contribution in [3.05, 3.63) is 48.0 Å². The number of hydrogen-bond acceptors (Lipinski definition) is 3. The van der Waals surface area contributed by atoms with Crippen LogP contribution >= 0.6 is 24.0 Å². The molecule has 0 aliphatic heterocycles. The molecule has 2 aromatic heterocycles. The van der Waals surface area contributed by atoms with Gasteiger partial charge < -0.3 is 11.1 Å². The molecule has 7 heteroatoms. The van der Waals surface area contributed by atoms with Gasteiger partial charge in [-0.3, -0.25) is 9.67 Å². The Balaban J connectivity index is 0.00000200. The van der Waals surface area contributed by atoms with Crippen LogP contribution in [0.3, 0.4) is 0 Å². The van der Waals surface area contributed by atoms with Gasteiger partial charge in [-0.15, -0.1) is 24.0 Å². The Morgan fingerprint density at radius 2 is 2.30 bits per heavy atom. The van der Waals surface area contributed by atoms with Gasteiger partial charge in [-0.1, -0.05) is 6.07 Å². The molecule has 3 N–H and O–H groups in total. The van der Waals surface area contributed by atoms with E-state index < -0.39 is 0 Å². The number of nitrogens with one attached hydrogen (secondary N) is 1. The largest absolute Gasteiger partial charge is 0.370 e. The van der Waals surface area contributed by atoms with E-state index in [9.17, 15) is 0 Å². The van der Waals surface area contributed by atoms with E-state index >= 15 is 0 Å². The van der Waals surface area contributed by atoms with Crippen LogP contribution in [0.15, 0.2) is 41.8 Å². The summed E-state index contributed by atoms with van der Waals surface area (Å²) in [5, 5.41) is 7.14. The van der Waals surface area contributed by atoms with Crippen molar-refractivity contribution >= 4 is 29.9 Å². The van der Waals surface area contributed by atoms with Gasteiger partial charge >= 0.3 is 0 Å². The smallest absolute Gasteiger partial charge is 0.188 e. The zero-order chi connectivity index (χ0) is 13.5. The second-order valence-corrected chi connectivity index (χ2v) is 4.22. The van der Waals surface area contributed by atoms with Gasteiger partial charge in [0, 0.05) is 43.7 Å². The second-order valence-electron chi connectivity index (χ2n) is 4.22. The van der Waals surface area contributed by atoms with Gasteiger partial charge in [-0.05, 0) is 12.1 Å². The van der Waals surface area contributed by atoms with Crippen LogP contribution in [0.2, 0.25) is 0 Å². The predicted octanol–water partition coefficient (Wildman–Crippen LogP) is 1.08. The monoisotopic (exact) mass is 386 g/mol. The Hall–Kier alpha value is -1.64.